The highest BCUT2D eigenvalue weighted by molar-refractivity contribution is 6.32. The number of carbonyl (C=O) groups excluding carboxylic acids is 1. The van der Waals surface area contributed by atoms with Crippen molar-refractivity contribution >= 4 is 17.6 Å². The fraction of sp³-hybridized carbons (Fsp3) is 0.267. The molecule has 0 bridgehead atoms. The molecule has 1 aromatic heterocycles. The van der Waals surface area contributed by atoms with Gasteiger partial charge in [-0.25, -0.2) is 4.79 Å². The Morgan fingerprint density at radius 1 is 1.33 bits per heavy atom. The van der Waals surface area contributed by atoms with Crippen LogP contribution in [0, 0.1) is 0 Å². The summed E-state index contributed by atoms with van der Waals surface area (Å²) in [4.78, 5) is 13.6. The summed E-state index contributed by atoms with van der Waals surface area (Å²) in [6.07, 6.45) is 1.57. The average molecular weight is 307 g/mol. The van der Waals surface area contributed by atoms with Gasteiger partial charge in [-0.3, -0.25) is 0 Å². The van der Waals surface area contributed by atoms with E-state index in [9.17, 15) is 4.79 Å². The van der Waals surface area contributed by atoms with Crippen LogP contribution in [0.4, 0.5) is 4.79 Å². The van der Waals surface area contributed by atoms with E-state index in [0.717, 1.165) is 5.76 Å². The van der Waals surface area contributed by atoms with Crippen molar-refractivity contribution in [3.8, 4) is 5.75 Å². The van der Waals surface area contributed by atoms with Gasteiger partial charge in [-0.2, -0.15) is 0 Å². The molecule has 0 radical (unpaired) electrons. The summed E-state index contributed by atoms with van der Waals surface area (Å²) < 4.78 is 10.9. The third-order valence-corrected chi connectivity index (χ3v) is 3.57. The minimum absolute atomic E-state index is 0.0146. The lowest BCUT2D eigenvalue weighted by Gasteiger charge is -2.38. The maximum Gasteiger partial charge on any atom is 0.318 e. The molecule has 0 saturated carbocycles. The number of urea groups is 1. The van der Waals surface area contributed by atoms with E-state index in [2.05, 4.69) is 5.32 Å². The van der Waals surface area contributed by atoms with E-state index in [4.69, 9.17) is 20.8 Å². The number of hydrogen-bond donors (Lipinski definition) is 1. The van der Waals surface area contributed by atoms with Crippen molar-refractivity contribution in [3.05, 3.63) is 53.4 Å². The Bertz CT molecular complexity index is 609. The van der Waals surface area contributed by atoms with Gasteiger partial charge in [0.1, 0.15) is 17.6 Å². The Labute approximate surface area is 127 Å². The summed E-state index contributed by atoms with van der Waals surface area (Å²) in [7, 11) is 0. The third-order valence-electron chi connectivity index (χ3n) is 3.26. The van der Waals surface area contributed by atoms with Crippen LogP contribution >= 0.6 is 11.6 Å². The summed E-state index contributed by atoms with van der Waals surface area (Å²) in [6.45, 7) is 1.49. The number of amides is 2. The maximum atomic E-state index is 11.9. The minimum atomic E-state index is -0.120. The number of nitrogens with zero attached hydrogens (tertiary/aromatic N) is 1. The topological polar surface area (TPSA) is 54.7 Å². The molecule has 2 aromatic rings. The molecular formula is C15H15ClN2O3. The maximum absolute atomic E-state index is 11.9. The summed E-state index contributed by atoms with van der Waals surface area (Å²) in [5.74, 6) is 1.38. The second-order valence-corrected chi connectivity index (χ2v) is 5.22. The van der Waals surface area contributed by atoms with Gasteiger partial charge in [0.05, 0.1) is 30.9 Å². The number of carbonyl (C=O) groups is 1. The molecule has 0 atom stereocenters. The van der Waals surface area contributed by atoms with Crippen LogP contribution in [0.5, 0.6) is 5.75 Å². The molecule has 2 amide bonds. The quantitative estimate of drug-likeness (QED) is 0.945. The molecule has 1 saturated heterocycles. The highest BCUT2D eigenvalue weighted by atomic mass is 35.5. The third kappa shape index (κ3) is 3.31. The van der Waals surface area contributed by atoms with Crippen LogP contribution in [-0.2, 0) is 6.54 Å². The molecule has 0 aliphatic carbocycles. The minimum Gasteiger partial charge on any atom is -0.485 e. The van der Waals surface area contributed by atoms with E-state index in [1.165, 1.54) is 0 Å². The Morgan fingerprint density at radius 3 is 2.86 bits per heavy atom. The molecular weight excluding hydrogens is 292 g/mol. The second kappa shape index (κ2) is 6.10. The van der Waals surface area contributed by atoms with Gasteiger partial charge in [0, 0.05) is 0 Å². The molecule has 1 aromatic carbocycles. The van der Waals surface area contributed by atoms with Crippen molar-refractivity contribution in [3.63, 3.8) is 0 Å². The molecule has 21 heavy (non-hydrogen) atoms. The second-order valence-electron chi connectivity index (χ2n) is 4.81. The first-order valence-corrected chi connectivity index (χ1v) is 7.06. The van der Waals surface area contributed by atoms with Gasteiger partial charge in [0.15, 0.2) is 0 Å². The predicted octanol–water partition coefficient (Wildman–Crippen LogP) is 2.91. The van der Waals surface area contributed by atoms with E-state index < -0.39 is 0 Å². The predicted molar refractivity (Wildman–Crippen MR) is 78.4 cm³/mol. The van der Waals surface area contributed by atoms with Crippen molar-refractivity contribution in [2.45, 2.75) is 12.6 Å². The number of ether oxygens (including phenoxy) is 1. The van der Waals surface area contributed by atoms with Gasteiger partial charge in [-0.15, -0.1) is 0 Å². The van der Waals surface area contributed by atoms with Crippen molar-refractivity contribution in [2.24, 2.45) is 0 Å². The first-order valence-electron chi connectivity index (χ1n) is 6.69. The number of benzene rings is 1. The van der Waals surface area contributed by atoms with E-state index in [1.807, 2.05) is 24.3 Å². The van der Waals surface area contributed by atoms with Crippen molar-refractivity contribution < 1.29 is 13.9 Å². The molecule has 6 heteroatoms. The number of hydrogen-bond acceptors (Lipinski definition) is 3. The van der Waals surface area contributed by atoms with Crippen LogP contribution in [-0.4, -0.2) is 30.1 Å². The summed E-state index contributed by atoms with van der Waals surface area (Å²) >= 11 is 6.03. The molecule has 1 aliphatic rings. The molecule has 110 valence electrons. The summed E-state index contributed by atoms with van der Waals surface area (Å²) in [5.41, 5.74) is 0. The Hall–Kier alpha value is -2.14. The Morgan fingerprint density at radius 2 is 2.14 bits per heavy atom. The molecule has 5 nitrogen and oxygen atoms in total. The van der Waals surface area contributed by atoms with Gasteiger partial charge in [0.2, 0.25) is 0 Å². The average Bonchev–Trinajstić information content (AvgIpc) is 2.95. The molecule has 2 heterocycles. The molecule has 1 fully saturated rings. The molecule has 0 spiro atoms. The van der Waals surface area contributed by atoms with Crippen molar-refractivity contribution in [1.82, 2.24) is 10.2 Å². The molecule has 1 N–H and O–H groups in total. The number of likely N-dealkylation sites (tertiary alicyclic amines) is 1. The standard InChI is InChI=1S/C15H15ClN2O3/c16-13-5-1-2-6-14(13)21-12-9-18(10-12)15(19)17-8-11-4-3-7-20-11/h1-7,12H,8-10H2,(H,17,19). The SMILES string of the molecule is O=C(NCc1ccco1)N1CC(Oc2ccccc2Cl)C1. The Balaban J connectivity index is 1.43. The van der Waals surface area contributed by atoms with Crippen LogP contribution in [0.15, 0.2) is 47.1 Å². The van der Waals surface area contributed by atoms with Gasteiger partial charge in [-0.1, -0.05) is 23.7 Å². The van der Waals surface area contributed by atoms with E-state index in [1.54, 1.807) is 23.3 Å². The Kier molecular flexibility index (Phi) is 4.01. The van der Waals surface area contributed by atoms with Crippen molar-refractivity contribution in [2.75, 3.05) is 13.1 Å². The summed E-state index contributed by atoms with van der Waals surface area (Å²) in [6, 6.07) is 10.8. The van der Waals surface area contributed by atoms with Crippen molar-refractivity contribution in [1.29, 1.82) is 0 Å². The summed E-state index contributed by atoms with van der Waals surface area (Å²) in [5, 5.41) is 3.38. The molecule has 1 aliphatic heterocycles. The highest BCUT2D eigenvalue weighted by Gasteiger charge is 2.32. The highest BCUT2D eigenvalue weighted by Crippen LogP contribution is 2.26. The lowest BCUT2D eigenvalue weighted by atomic mass is 10.2. The van der Waals surface area contributed by atoms with Gasteiger partial charge >= 0.3 is 6.03 Å². The zero-order valence-corrected chi connectivity index (χ0v) is 12.0. The number of nitrogens with one attached hydrogen (secondary N) is 1. The first kappa shape index (κ1) is 13.8. The largest absolute Gasteiger partial charge is 0.485 e. The number of rotatable bonds is 4. The van der Waals surface area contributed by atoms with Crippen LogP contribution in [0.1, 0.15) is 5.76 Å². The van der Waals surface area contributed by atoms with Gasteiger partial charge in [0.25, 0.3) is 0 Å². The van der Waals surface area contributed by atoms with E-state index >= 15 is 0 Å². The van der Waals surface area contributed by atoms with Gasteiger partial charge < -0.3 is 19.4 Å². The molecule has 3 rings (SSSR count). The van der Waals surface area contributed by atoms with E-state index in [0.29, 0.717) is 30.4 Å². The number of halogens is 1. The lowest BCUT2D eigenvalue weighted by Crippen LogP contribution is -2.58. The number of furan rings is 1. The van der Waals surface area contributed by atoms with Crippen LogP contribution < -0.4 is 10.1 Å². The first-order chi connectivity index (χ1) is 10.2. The molecule has 0 unspecified atom stereocenters. The smallest absolute Gasteiger partial charge is 0.318 e. The van der Waals surface area contributed by atoms with E-state index in [-0.39, 0.29) is 12.1 Å². The normalized spacial score (nSPS) is 14.6. The van der Waals surface area contributed by atoms with Crippen LogP contribution in [0.3, 0.4) is 0 Å². The van der Waals surface area contributed by atoms with Crippen LogP contribution in [0.2, 0.25) is 5.02 Å². The lowest BCUT2D eigenvalue weighted by molar-refractivity contribution is 0.0442. The fourth-order valence-corrected chi connectivity index (χ4v) is 2.27. The fourth-order valence-electron chi connectivity index (χ4n) is 2.09. The van der Waals surface area contributed by atoms with Crippen LogP contribution in [0.25, 0.3) is 0 Å². The monoisotopic (exact) mass is 306 g/mol. The number of para-hydroxylation sites is 1. The zero-order chi connectivity index (χ0) is 14.7. The van der Waals surface area contributed by atoms with Gasteiger partial charge in [-0.05, 0) is 24.3 Å². The zero-order valence-electron chi connectivity index (χ0n) is 11.3.